The van der Waals surface area contributed by atoms with Gasteiger partial charge in [-0.25, -0.2) is 13.2 Å². The molecule has 0 saturated carbocycles. The van der Waals surface area contributed by atoms with Gasteiger partial charge in [-0.3, -0.25) is 0 Å². The van der Waals surface area contributed by atoms with Crippen LogP contribution in [0.15, 0.2) is 29.8 Å². The van der Waals surface area contributed by atoms with Crippen molar-refractivity contribution in [3.05, 3.63) is 64.0 Å². The van der Waals surface area contributed by atoms with Gasteiger partial charge >= 0.3 is 0 Å². The van der Waals surface area contributed by atoms with Crippen molar-refractivity contribution < 1.29 is 32.1 Å². The number of benzene rings is 2. The normalized spacial score (nSPS) is 25.5. The maximum atomic E-state index is 14.7. The molecule has 30 heavy (non-hydrogen) atoms. The highest BCUT2D eigenvalue weighted by molar-refractivity contribution is 5.63. The molecule has 1 saturated heterocycles. The number of fused-ring (bicyclic) bond motifs is 2. The van der Waals surface area contributed by atoms with Gasteiger partial charge in [0, 0.05) is 23.1 Å². The quantitative estimate of drug-likeness (QED) is 0.714. The van der Waals surface area contributed by atoms with Crippen LogP contribution in [-0.2, 0) is 15.9 Å². The first kappa shape index (κ1) is 19.5. The molecule has 0 amide bonds. The minimum absolute atomic E-state index is 0.0132. The van der Waals surface area contributed by atoms with E-state index in [0.717, 1.165) is 23.8 Å². The molecule has 4 nitrogen and oxygen atoms in total. The van der Waals surface area contributed by atoms with Crippen molar-refractivity contribution >= 4 is 6.08 Å². The van der Waals surface area contributed by atoms with E-state index in [-0.39, 0.29) is 37.3 Å². The Balaban J connectivity index is 1.31. The minimum atomic E-state index is -0.745. The fourth-order valence-corrected chi connectivity index (χ4v) is 4.15. The van der Waals surface area contributed by atoms with E-state index in [2.05, 4.69) is 6.92 Å². The Kier molecular flexibility index (Phi) is 4.95. The molecule has 5 rings (SSSR count). The lowest BCUT2D eigenvalue weighted by atomic mass is 9.92. The maximum absolute atomic E-state index is 14.7. The predicted octanol–water partition coefficient (Wildman–Crippen LogP) is 4.61. The first-order valence-corrected chi connectivity index (χ1v) is 9.98. The van der Waals surface area contributed by atoms with E-state index in [1.54, 1.807) is 18.2 Å². The predicted molar refractivity (Wildman–Crippen MR) is 103 cm³/mol. The second-order valence-electron chi connectivity index (χ2n) is 8.11. The number of rotatable bonds is 2. The maximum Gasteiger partial charge on any atom is 0.183 e. The molecule has 3 aliphatic rings. The number of halogens is 3. The molecule has 3 aliphatic heterocycles. The summed E-state index contributed by atoms with van der Waals surface area (Å²) in [6, 6.07) is 5.28. The smallest absolute Gasteiger partial charge is 0.183 e. The van der Waals surface area contributed by atoms with Crippen molar-refractivity contribution in [3.8, 4) is 11.5 Å². The third-order valence-electron chi connectivity index (χ3n) is 5.67. The van der Waals surface area contributed by atoms with E-state index >= 15 is 0 Å². The lowest BCUT2D eigenvalue weighted by Gasteiger charge is -2.33. The van der Waals surface area contributed by atoms with E-state index in [0.29, 0.717) is 29.2 Å². The molecule has 2 aromatic carbocycles. The Labute approximate surface area is 172 Å². The molecular formula is C23H21F3O4. The van der Waals surface area contributed by atoms with Gasteiger partial charge in [-0.05, 0) is 47.7 Å². The van der Waals surface area contributed by atoms with Crippen molar-refractivity contribution in [3.63, 3.8) is 0 Å². The molecule has 158 valence electrons. The summed E-state index contributed by atoms with van der Waals surface area (Å²) in [6.45, 7) is 3.26. The van der Waals surface area contributed by atoms with Gasteiger partial charge in [-0.15, -0.1) is 0 Å². The molecule has 0 bridgehead atoms. The summed E-state index contributed by atoms with van der Waals surface area (Å²) in [7, 11) is 0. The van der Waals surface area contributed by atoms with Gasteiger partial charge < -0.3 is 18.9 Å². The van der Waals surface area contributed by atoms with Crippen molar-refractivity contribution in [1.82, 2.24) is 0 Å². The molecular weight excluding hydrogens is 397 g/mol. The zero-order valence-electron chi connectivity index (χ0n) is 16.4. The molecule has 0 N–H and O–H groups in total. The standard InChI is InChI=1S/C23H21F3O4/c1-12-2-13-5-19(25)18(7-21(13)27-8-12)16-10-29-23(30-11-16)15-3-14-4-17(24)6-20(26)22(14)28-9-15/h3-7,12,16,23H,2,8-11H2,1H3. The fraction of sp³-hybridized carbons (Fsp3) is 0.391. The van der Waals surface area contributed by atoms with E-state index in [4.69, 9.17) is 18.9 Å². The van der Waals surface area contributed by atoms with Crippen LogP contribution in [0.25, 0.3) is 6.08 Å². The Morgan fingerprint density at radius 2 is 1.70 bits per heavy atom. The van der Waals surface area contributed by atoms with Gasteiger partial charge in [0.2, 0.25) is 0 Å². The third kappa shape index (κ3) is 3.56. The topological polar surface area (TPSA) is 36.9 Å². The summed E-state index contributed by atoms with van der Waals surface area (Å²) in [5.74, 6) is -0.899. The molecule has 1 fully saturated rings. The molecule has 7 heteroatoms. The zero-order valence-corrected chi connectivity index (χ0v) is 16.4. The first-order chi connectivity index (χ1) is 14.5. The van der Waals surface area contributed by atoms with Gasteiger partial charge in [0.05, 0.1) is 19.8 Å². The summed E-state index contributed by atoms with van der Waals surface area (Å²) >= 11 is 0. The summed E-state index contributed by atoms with van der Waals surface area (Å²) in [4.78, 5) is 0. The van der Waals surface area contributed by atoms with Crippen molar-refractivity contribution in [1.29, 1.82) is 0 Å². The Morgan fingerprint density at radius 3 is 2.50 bits per heavy atom. The third-order valence-corrected chi connectivity index (χ3v) is 5.67. The van der Waals surface area contributed by atoms with Crippen LogP contribution in [-0.4, -0.2) is 32.7 Å². The summed E-state index contributed by atoms with van der Waals surface area (Å²) in [6.07, 6.45) is 1.70. The summed E-state index contributed by atoms with van der Waals surface area (Å²) in [5, 5.41) is 0. The van der Waals surface area contributed by atoms with Crippen LogP contribution < -0.4 is 9.47 Å². The van der Waals surface area contributed by atoms with E-state index in [9.17, 15) is 13.2 Å². The molecule has 0 spiro atoms. The first-order valence-electron chi connectivity index (χ1n) is 9.98. The second kappa shape index (κ2) is 7.63. The molecule has 0 radical (unpaired) electrons. The van der Waals surface area contributed by atoms with E-state index < -0.39 is 17.9 Å². The highest BCUT2D eigenvalue weighted by atomic mass is 19.1. The highest BCUT2D eigenvalue weighted by Gasteiger charge is 2.31. The van der Waals surface area contributed by atoms with Crippen molar-refractivity contribution in [2.75, 3.05) is 26.4 Å². The molecule has 0 aromatic heterocycles. The molecule has 3 heterocycles. The number of hydrogen-bond donors (Lipinski definition) is 0. The Morgan fingerprint density at radius 1 is 0.900 bits per heavy atom. The number of ether oxygens (including phenoxy) is 4. The van der Waals surface area contributed by atoms with Crippen LogP contribution in [0.2, 0.25) is 0 Å². The van der Waals surface area contributed by atoms with Gasteiger partial charge in [-0.2, -0.15) is 0 Å². The van der Waals surface area contributed by atoms with E-state index in [1.165, 1.54) is 6.07 Å². The summed E-state index contributed by atoms with van der Waals surface area (Å²) in [5.41, 5.74) is 2.31. The number of hydrogen-bond acceptors (Lipinski definition) is 4. The van der Waals surface area contributed by atoms with Crippen LogP contribution in [0, 0.1) is 23.4 Å². The molecule has 0 aliphatic carbocycles. The Hall–Kier alpha value is -2.51. The average Bonchev–Trinajstić information content (AvgIpc) is 2.73. The monoisotopic (exact) mass is 418 g/mol. The lowest BCUT2D eigenvalue weighted by molar-refractivity contribution is -0.168. The fourth-order valence-electron chi connectivity index (χ4n) is 4.15. The Bertz CT molecular complexity index is 1010. The van der Waals surface area contributed by atoms with Crippen LogP contribution in [0.1, 0.15) is 29.5 Å². The van der Waals surface area contributed by atoms with Gasteiger partial charge in [0.15, 0.2) is 17.9 Å². The van der Waals surface area contributed by atoms with Crippen molar-refractivity contribution in [2.45, 2.75) is 25.6 Å². The minimum Gasteiger partial charge on any atom is -0.493 e. The average molecular weight is 418 g/mol. The van der Waals surface area contributed by atoms with Gasteiger partial charge in [-0.1, -0.05) is 6.92 Å². The second-order valence-corrected chi connectivity index (χ2v) is 8.11. The SMILES string of the molecule is CC1COc2cc(C3COC(C4=Cc5cc(F)cc(F)c5OC4)OC3)c(F)cc2C1. The lowest BCUT2D eigenvalue weighted by Crippen LogP contribution is -2.34. The molecule has 1 atom stereocenters. The highest BCUT2D eigenvalue weighted by Crippen LogP contribution is 2.36. The van der Waals surface area contributed by atoms with Crippen LogP contribution in [0.5, 0.6) is 11.5 Å². The largest absolute Gasteiger partial charge is 0.493 e. The van der Waals surface area contributed by atoms with Crippen molar-refractivity contribution in [2.24, 2.45) is 5.92 Å². The molecule has 2 aromatic rings. The van der Waals surface area contributed by atoms with Crippen LogP contribution >= 0.6 is 0 Å². The van der Waals surface area contributed by atoms with Gasteiger partial charge in [0.1, 0.15) is 24.0 Å². The van der Waals surface area contributed by atoms with Crippen LogP contribution in [0.3, 0.4) is 0 Å². The van der Waals surface area contributed by atoms with Crippen LogP contribution in [0.4, 0.5) is 13.2 Å². The van der Waals surface area contributed by atoms with E-state index in [1.807, 2.05) is 0 Å². The molecule has 1 unspecified atom stereocenters. The van der Waals surface area contributed by atoms with Gasteiger partial charge in [0.25, 0.3) is 0 Å². The summed E-state index contributed by atoms with van der Waals surface area (Å²) < 4.78 is 64.8. The zero-order chi connectivity index (χ0) is 20.8.